The minimum atomic E-state index is 0.346. The van der Waals surface area contributed by atoms with E-state index >= 15 is 0 Å². The highest BCUT2D eigenvalue weighted by molar-refractivity contribution is 7.16. The minimum absolute atomic E-state index is 0.346. The highest BCUT2D eigenvalue weighted by atomic mass is 35.5. The number of rotatable bonds is 4. The number of hydrogen-bond donors (Lipinski definition) is 1. The lowest BCUT2D eigenvalue weighted by atomic mass is 9.94. The molecule has 21 heavy (non-hydrogen) atoms. The molecule has 0 aliphatic heterocycles. The fraction of sp³-hybridized carbons (Fsp3) is 0.375. The number of fused-ring (bicyclic) bond motifs is 1. The van der Waals surface area contributed by atoms with Gasteiger partial charge in [0, 0.05) is 28.0 Å². The van der Waals surface area contributed by atoms with E-state index in [2.05, 4.69) is 11.4 Å². The van der Waals surface area contributed by atoms with Crippen molar-refractivity contribution in [3.63, 3.8) is 0 Å². The molecule has 5 heteroatoms. The number of methoxy groups -OCH3 is 1. The Morgan fingerprint density at radius 2 is 2.24 bits per heavy atom. The topological polar surface area (TPSA) is 21.3 Å². The SMILES string of the molecule is COc1cccc(Cl)c1CNC1CCCc2sc(Cl)cc21. The zero-order valence-corrected chi connectivity index (χ0v) is 14.1. The molecule has 0 amide bonds. The molecular weight excluding hydrogens is 325 g/mol. The van der Waals surface area contributed by atoms with E-state index in [4.69, 9.17) is 27.9 Å². The average Bonchev–Trinajstić information content (AvgIpc) is 2.86. The first kappa shape index (κ1) is 15.2. The number of hydrogen-bond acceptors (Lipinski definition) is 3. The minimum Gasteiger partial charge on any atom is -0.496 e. The fourth-order valence-electron chi connectivity index (χ4n) is 2.86. The summed E-state index contributed by atoms with van der Waals surface area (Å²) >= 11 is 14.1. The molecule has 1 atom stereocenters. The molecule has 0 radical (unpaired) electrons. The van der Waals surface area contributed by atoms with E-state index in [1.54, 1.807) is 18.4 Å². The monoisotopic (exact) mass is 341 g/mol. The first-order valence-electron chi connectivity index (χ1n) is 7.02. The molecule has 1 aromatic carbocycles. The maximum atomic E-state index is 6.29. The highest BCUT2D eigenvalue weighted by Gasteiger charge is 2.23. The number of ether oxygens (including phenoxy) is 1. The van der Waals surface area contributed by atoms with Gasteiger partial charge in [0.15, 0.2) is 0 Å². The third-order valence-electron chi connectivity index (χ3n) is 3.90. The third kappa shape index (κ3) is 3.21. The molecule has 2 nitrogen and oxygen atoms in total. The van der Waals surface area contributed by atoms with Gasteiger partial charge in [-0.15, -0.1) is 11.3 Å². The molecule has 1 N–H and O–H groups in total. The molecule has 1 aromatic heterocycles. The molecule has 1 unspecified atom stereocenters. The Balaban J connectivity index is 1.77. The summed E-state index contributed by atoms with van der Waals surface area (Å²) in [6.45, 7) is 0.695. The number of halogens is 2. The second-order valence-corrected chi connectivity index (χ2v) is 7.35. The van der Waals surface area contributed by atoms with Gasteiger partial charge in [0.2, 0.25) is 0 Å². The van der Waals surface area contributed by atoms with Crippen LogP contribution in [0.3, 0.4) is 0 Å². The van der Waals surface area contributed by atoms with Crippen LogP contribution in [0, 0.1) is 0 Å². The normalized spacial score (nSPS) is 17.6. The Labute approximate surface area is 139 Å². The van der Waals surface area contributed by atoms with E-state index in [0.717, 1.165) is 33.5 Å². The fourth-order valence-corrected chi connectivity index (χ4v) is 4.48. The summed E-state index contributed by atoms with van der Waals surface area (Å²) in [4.78, 5) is 1.41. The first-order valence-corrected chi connectivity index (χ1v) is 8.59. The van der Waals surface area contributed by atoms with Crippen LogP contribution in [0.4, 0.5) is 0 Å². The summed E-state index contributed by atoms with van der Waals surface area (Å²) in [5.41, 5.74) is 2.36. The molecular formula is C16H17Cl2NOS. The Bertz CT molecular complexity index is 641. The molecule has 2 aromatic rings. The van der Waals surface area contributed by atoms with Crippen molar-refractivity contribution >= 4 is 34.5 Å². The van der Waals surface area contributed by atoms with Gasteiger partial charge in [0.25, 0.3) is 0 Å². The van der Waals surface area contributed by atoms with Crippen molar-refractivity contribution in [3.05, 3.63) is 49.6 Å². The maximum Gasteiger partial charge on any atom is 0.124 e. The largest absolute Gasteiger partial charge is 0.496 e. The van der Waals surface area contributed by atoms with Gasteiger partial charge in [-0.25, -0.2) is 0 Å². The van der Waals surface area contributed by atoms with Crippen LogP contribution < -0.4 is 10.1 Å². The predicted octanol–water partition coefficient (Wildman–Crippen LogP) is 5.23. The van der Waals surface area contributed by atoms with Crippen molar-refractivity contribution in [2.45, 2.75) is 31.8 Å². The summed E-state index contributed by atoms with van der Waals surface area (Å²) < 4.78 is 6.27. The van der Waals surface area contributed by atoms with E-state index < -0.39 is 0 Å². The average molecular weight is 342 g/mol. The molecule has 1 heterocycles. The third-order valence-corrected chi connectivity index (χ3v) is 5.60. The van der Waals surface area contributed by atoms with Gasteiger partial charge in [-0.2, -0.15) is 0 Å². The lowest BCUT2D eigenvalue weighted by molar-refractivity contribution is 0.401. The van der Waals surface area contributed by atoms with Crippen molar-refractivity contribution in [3.8, 4) is 5.75 Å². The standard InChI is InChI=1S/C16H17Cl2NOS/c1-20-14-6-2-4-12(17)11(14)9-19-13-5-3-7-15-10(13)8-16(18)21-15/h2,4,6,8,13,19H,3,5,7,9H2,1H3. The highest BCUT2D eigenvalue weighted by Crippen LogP contribution is 2.38. The van der Waals surface area contributed by atoms with Crippen LogP contribution in [0.5, 0.6) is 5.75 Å². The van der Waals surface area contributed by atoms with Crippen molar-refractivity contribution < 1.29 is 4.74 Å². The Hall–Kier alpha value is -0.740. The van der Waals surface area contributed by atoms with Gasteiger partial charge >= 0.3 is 0 Å². The Morgan fingerprint density at radius 3 is 3.05 bits per heavy atom. The van der Waals surface area contributed by atoms with E-state index in [0.29, 0.717) is 12.6 Å². The first-order chi connectivity index (χ1) is 10.2. The molecule has 112 valence electrons. The zero-order chi connectivity index (χ0) is 14.8. The van der Waals surface area contributed by atoms with Crippen molar-refractivity contribution in [2.24, 2.45) is 0 Å². The smallest absolute Gasteiger partial charge is 0.124 e. The maximum absolute atomic E-state index is 6.29. The number of thiophene rings is 1. The van der Waals surface area contributed by atoms with E-state index in [1.807, 2.05) is 18.2 Å². The van der Waals surface area contributed by atoms with Gasteiger partial charge in [0.1, 0.15) is 5.75 Å². The molecule has 0 saturated carbocycles. The van der Waals surface area contributed by atoms with Crippen molar-refractivity contribution in [1.82, 2.24) is 5.32 Å². The predicted molar refractivity (Wildman–Crippen MR) is 89.9 cm³/mol. The van der Waals surface area contributed by atoms with Crippen LogP contribution in [0.1, 0.15) is 34.9 Å². The zero-order valence-electron chi connectivity index (χ0n) is 11.8. The summed E-state index contributed by atoms with van der Waals surface area (Å²) in [6, 6.07) is 8.19. The number of nitrogens with one attached hydrogen (secondary N) is 1. The van der Waals surface area contributed by atoms with Crippen LogP contribution in [-0.2, 0) is 13.0 Å². The number of aryl methyl sites for hydroxylation is 1. The molecule has 0 bridgehead atoms. The molecule has 0 saturated heterocycles. The van der Waals surface area contributed by atoms with E-state index in [-0.39, 0.29) is 0 Å². The lowest BCUT2D eigenvalue weighted by Gasteiger charge is -2.24. The van der Waals surface area contributed by atoms with Gasteiger partial charge in [-0.05, 0) is 43.0 Å². The van der Waals surface area contributed by atoms with Gasteiger partial charge in [-0.1, -0.05) is 29.3 Å². The molecule has 1 aliphatic carbocycles. The van der Waals surface area contributed by atoms with Crippen LogP contribution >= 0.6 is 34.5 Å². The molecule has 0 fully saturated rings. The summed E-state index contributed by atoms with van der Waals surface area (Å²) in [7, 11) is 1.67. The molecule has 3 rings (SSSR count). The quantitative estimate of drug-likeness (QED) is 0.821. The van der Waals surface area contributed by atoms with Crippen molar-refractivity contribution in [2.75, 3.05) is 7.11 Å². The van der Waals surface area contributed by atoms with Gasteiger partial charge in [0.05, 0.1) is 11.4 Å². The lowest BCUT2D eigenvalue weighted by Crippen LogP contribution is -2.24. The Morgan fingerprint density at radius 1 is 1.38 bits per heavy atom. The molecule has 1 aliphatic rings. The summed E-state index contributed by atoms with van der Waals surface area (Å²) in [5.74, 6) is 0.828. The van der Waals surface area contributed by atoms with Crippen LogP contribution in [0.15, 0.2) is 24.3 Å². The van der Waals surface area contributed by atoms with Crippen molar-refractivity contribution in [1.29, 1.82) is 0 Å². The van der Waals surface area contributed by atoms with Gasteiger partial charge < -0.3 is 10.1 Å². The number of benzene rings is 1. The van der Waals surface area contributed by atoms with Gasteiger partial charge in [-0.3, -0.25) is 0 Å². The Kier molecular flexibility index (Phi) is 4.75. The summed E-state index contributed by atoms with van der Waals surface area (Å²) in [5, 5.41) is 4.34. The van der Waals surface area contributed by atoms with E-state index in [9.17, 15) is 0 Å². The van der Waals surface area contributed by atoms with E-state index in [1.165, 1.54) is 16.9 Å². The van der Waals surface area contributed by atoms with Crippen LogP contribution in [0.2, 0.25) is 9.36 Å². The summed E-state index contributed by atoms with van der Waals surface area (Å²) in [6.07, 6.45) is 3.47. The van der Waals surface area contributed by atoms with Crippen LogP contribution in [0.25, 0.3) is 0 Å². The molecule has 0 spiro atoms. The second kappa shape index (κ2) is 6.57. The second-order valence-electron chi connectivity index (χ2n) is 5.18. The van der Waals surface area contributed by atoms with Crippen LogP contribution in [-0.4, -0.2) is 7.11 Å².